The predicted molar refractivity (Wildman–Crippen MR) is 104 cm³/mol. The first kappa shape index (κ1) is 20.1. The second-order valence-electron chi connectivity index (χ2n) is 5.96. The average Bonchev–Trinajstić information content (AvgIpc) is 2.65. The van der Waals surface area contributed by atoms with E-state index in [4.69, 9.17) is 9.47 Å². The van der Waals surface area contributed by atoms with Gasteiger partial charge in [-0.05, 0) is 56.7 Å². The molecule has 0 aliphatic rings. The van der Waals surface area contributed by atoms with E-state index in [1.165, 1.54) is 0 Å². The quantitative estimate of drug-likeness (QED) is 0.620. The summed E-state index contributed by atoms with van der Waals surface area (Å²) in [6, 6.07) is 12.9. The van der Waals surface area contributed by atoms with E-state index in [-0.39, 0.29) is 19.1 Å². The summed E-state index contributed by atoms with van der Waals surface area (Å²) in [5.74, 6) is 0.461. The van der Waals surface area contributed by atoms with Crippen LogP contribution in [-0.2, 0) is 9.59 Å². The Morgan fingerprint density at radius 1 is 0.889 bits per heavy atom. The molecule has 7 nitrogen and oxygen atoms in total. The highest BCUT2D eigenvalue weighted by molar-refractivity contribution is 5.85. The van der Waals surface area contributed by atoms with Gasteiger partial charge in [-0.2, -0.15) is 0 Å². The first-order valence-electron chi connectivity index (χ1n) is 8.72. The second-order valence-corrected chi connectivity index (χ2v) is 5.96. The standard InChI is InChI=1S/C20H25N3O4/c1-4-26-16-6-8-17(9-7-16)27-13-20(25)23-22-19(24)12-21-18-10-5-14(2)11-15(18)3/h5-11,21H,4,12-13H2,1-3H3,(H,22,24)(H,23,25). The van der Waals surface area contributed by atoms with Gasteiger partial charge in [0.1, 0.15) is 11.5 Å². The van der Waals surface area contributed by atoms with Crippen LogP contribution in [0.1, 0.15) is 18.1 Å². The molecule has 0 spiro atoms. The number of hydrogen-bond donors (Lipinski definition) is 3. The number of hydrazine groups is 1. The average molecular weight is 371 g/mol. The van der Waals surface area contributed by atoms with Crippen molar-refractivity contribution in [1.82, 2.24) is 10.9 Å². The van der Waals surface area contributed by atoms with Crippen molar-refractivity contribution in [1.29, 1.82) is 0 Å². The van der Waals surface area contributed by atoms with Crippen LogP contribution in [0.5, 0.6) is 11.5 Å². The monoisotopic (exact) mass is 371 g/mol. The van der Waals surface area contributed by atoms with Gasteiger partial charge in [-0.15, -0.1) is 0 Å². The molecular formula is C20H25N3O4. The molecule has 2 rings (SSSR count). The fraction of sp³-hybridized carbons (Fsp3) is 0.300. The lowest BCUT2D eigenvalue weighted by molar-refractivity contribution is -0.129. The van der Waals surface area contributed by atoms with Gasteiger partial charge < -0.3 is 14.8 Å². The number of aryl methyl sites for hydroxylation is 2. The van der Waals surface area contributed by atoms with Crippen molar-refractivity contribution >= 4 is 17.5 Å². The Morgan fingerprint density at radius 2 is 1.52 bits per heavy atom. The van der Waals surface area contributed by atoms with Gasteiger partial charge in [0.05, 0.1) is 13.2 Å². The predicted octanol–water partition coefficient (Wildman–Crippen LogP) is 2.34. The van der Waals surface area contributed by atoms with Crippen LogP contribution in [0.3, 0.4) is 0 Å². The van der Waals surface area contributed by atoms with Crippen molar-refractivity contribution < 1.29 is 19.1 Å². The van der Waals surface area contributed by atoms with E-state index in [0.717, 1.165) is 22.6 Å². The Bertz CT molecular complexity index is 775. The molecule has 0 unspecified atom stereocenters. The normalized spacial score (nSPS) is 10.0. The van der Waals surface area contributed by atoms with Crippen LogP contribution in [0.2, 0.25) is 0 Å². The van der Waals surface area contributed by atoms with E-state index >= 15 is 0 Å². The Hall–Kier alpha value is -3.22. The van der Waals surface area contributed by atoms with Gasteiger partial charge in [-0.1, -0.05) is 17.7 Å². The number of carbonyl (C=O) groups excluding carboxylic acids is 2. The van der Waals surface area contributed by atoms with E-state index in [0.29, 0.717) is 12.4 Å². The number of rotatable bonds is 8. The van der Waals surface area contributed by atoms with E-state index in [1.807, 2.05) is 39.0 Å². The summed E-state index contributed by atoms with van der Waals surface area (Å²) in [7, 11) is 0. The van der Waals surface area contributed by atoms with Gasteiger partial charge in [0.2, 0.25) is 0 Å². The first-order chi connectivity index (χ1) is 13.0. The molecule has 0 bridgehead atoms. The summed E-state index contributed by atoms with van der Waals surface area (Å²) in [6.07, 6.45) is 0. The molecule has 27 heavy (non-hydrogen) atoms. The molecule has 0 atom stereocenters. The smallest absolute Gasteiger partial charge is 0.276 e. The zero-order valence-corrected chi connectivity index (χ0v) is 15.8. The van der Waals surface area contributed by atoms with Gasteiger partial charge in [0.15, 0.2) is 6.61 Å². The lowest BCUT2D eigenvalue weighted by Crippen LogP contribution is -2.46. The molecule has 0 aliphatic carbocycles. The fourth-order valence-electron chi connectivity index (χ4n) is 2.35. The Labute approximate surface area is 159 Å². The lowest BCUT2D eigenvalue weighted by atomic mass is 10.1. The molecule has 0 aliphatic heterocycles. The number of benzene rings is 2. The minimum atomic E-state index is -0.455. The molecule has 144 valence electrons. The zero-order valence-electron chi connectivity index (χ0n) is 15.8. The molecule has 0 heterocycles. The molecule has 2 amide bonds. The summed E-state index contributed by atoms with van der Waals surface area (Å²) in [6.45, 7) is 6.30. The number of carbonyl (C=O) groups is 2. The van der Waals surface area contributed by atoms with Crippen molar-refractivity contribution in [2.24, 2.45) is 0 Å². The summed E-state index contributed by atoms with van der Waals surface area (Å²) in [5.41, 5.74) is 7.74. The lowest BCUT2D eigenvalue weighted by Gasteiger charge is -2.12. The number of amides is 2. The van der Waals surface area contributed by atoms with Gasteiger partial charge in [-0.3, -0.25) is 20.4 Å². The van der Waals surface area contributed by atoms with Crippen LogP contribution < -0.4 is 25.6 Å². The maximum absolute atomic E-state index is 11.8. The highest BCUT2D eigenvalue weighted by atomic mass is 16.5. The maximum Gasteiger partial charge on any atom is 0.276 e. The van der Waals surface area contributed by atoms with E-state index in [9.17, 15) is 9.59 Å². The number of hydrogen-bond acceptors (Lipinski definition) is 5. The van der Waals surface area contributed by atoms with Crippen LogP contribution in [0.4, 0.5) is 5.69 Å². The van der Waals surface area contributed by atoms with Crippen molar-refractivity contribution in [3.05, 3.63) is 53.6 Å². The van der Waals surface area contributed by atoms with Gasteiger partial charge in [-0.25, -0.2) is 0 Å². The Kier molecular flexibility index (Phi) is 7.49. The van der Waals surface area contributed by atoms with E-state index in [2.05, 4.69) is 16.2 Å². The Morgan fingerprint density at radius 3 is 2.15 bits per heavy atom. The highest BCUT2D eigenvalue weighted by Crippen LogP contribution is 2.17. The minimum absolute atomic E-state index is 0.0456. The maximum atomic E-state index is 11.8. The molecule has 0 saturated carbocycles. The van der Waals surface area contributed by atoms with Crippen LogP contribution >= 0.6 is 0 Å². The van der Waals surface area contributed by atoms with E-state index < -0.39 is 5.91 Å². The van der Waals surface area contributed by atoms with Crippen molar-refractivity contribution in [3.63, 3.8) is 0 Å². The van der Waals surface area contributed by atoms with Crippen molar-refractivity contribution in [2.45, 2.75) is 20.8 Å². The topological polar surface area (TPSA) is 88.7 Å². The molecular weight excluding hydrogens is 346 g/mol. The highest BCUT2D eigenvalue weighted by Gasteiger charge is 2.07. The van der Waals surface area contributed by atoms with Gasteiger partial charge >= 0.3 is 0 Å². The number of anilines is 1. The summed E-state index contributed by atoms with van der Waals surface area (Å²) in [4.78, 5) is 23.6. The van der Waals surface area contributed by atoms with E-state index in [1.54, 1.807) is 24.3 Å². The third-order valence-electron chi connectivity index (χ3n) is 3.67. The molecule has 7 heteroatoms. The molecule has 2 aromatic rings. The van der Waals surface area contributed by atoms with Crippen LogP contribution in [-0.4, -0.2) is 31.6 Å². The SMILES string of the molecule is CCOc1ccc(OCC(=O)NNC(=O)CNc2ccc(C)cc2C)cc1. The summed E-state index contributed by atoms with van der Waals surface area (Å²) in [5, 5.41) is 3.03. The zero-order chi connectivity index (χ0) is 19.6. The summed E-state index contributed by atoms with van der Waals surface area (Å²) >= 11 is 0. The molecule has 0 saturated heterocycles. The van der Waals surface area contributed by atoms with Crippen LogP contribution in [0.25, 0.3) is 0 Å². The van der Waals surface area contributed by atoms with Crippen molar-refractivity contribution in [3.8, 4) is 11.5 Å². The van der Waals surface area contributed by atoms with Gasteiger partial charge in [0, 0.05) is 5.69 Å². The minimum Gasteiger partial charge on any atom is -0.494 e. The Balaban J connectivity index is 1.67. The third kappa shape index (κ3) is 6.89. The fourth-order valence-corrected chi connectivity index (χ4v) is 2.35. The first-order valence-corrected chi connectivity index (χ1v) is 8.72. The second kappa shape index (κ2) is 10.1. The summed E-state index contributed by atoms with van der Waals surface area (Å²) < 4.78 is 10.7. The number of nitrogens with one attached hydrogen (secondary N) is 3. The molecule has 3 N–H and O–H groups in total. The third-order valence-corrected chi connectivity index (χ3v) is 3.67. The number of ether oxygens (including phenoxy) is 2. The van der Waals surface area contributed by atoms with Gasteiger partial charge in [0.25, 0.3) is 11.8 Å². The molecule has 2 aromatic carbocycles. The van der Waals surface area contributed by atoms with Crippen molar-refractivity contribution in [2.75, 3.05) is 25.1 Å². The largest absolute Gasteiger partial charge is 0.494 e. The molecule has 0 fully saturated rings. The molecule has 0 aromatic heterocycles. The van der Waals surface area contributed by atoms with Crippen LogP contribution in [0, 0.1) is 13.8 Å². The molecule has 0 radical (unpaired) electrons. The van der Waals surface area contributed by atoms with Crippen LogP contribution in [0.15, 0.2) is 42.5 Å².